The van der Waals surface area contributed by atoms with Crippen molar-refractivity contribution >= 4 is 17.1 Å². The predicted octanol–water partition coefficient (Wildman–Crippen LogP) is 1.08. The first kappa shape index (κ1) is 18.9. The highest BCUT2D eigenvalue weighted by Crippen LogP contribution is 2.37. The van der Waals surface area contributed by atoms with Crippen LogP contribution in [0.25, 0.3) is 11.0 Å². The maximum Gasteiger partial charge on any atom is 0.407 e. The van der Waals surface area contributed by atoms with Gasteiger partial charge in [0.2, 0.25) is 5.88 Å². The summed E-state index contributed by atoms with van der Waals surface area (Å²) in [6.07, 6.45) is 0.866. The fourth-order valence-corrected chi connectivity index (χ4v) is 3.96. The maximum atomic E-state index is 11.5. The smallest absolute Gasteiger partial charge is 0.407 e. The number of aliphatic hydroxyl groups excluding tert-OH is 2. The summed E-state index contributed by atoms with van der Waals surface area (Å²) in [5.74, 6) is 0.445. The number of aromatic nitrogens is 2. The number of carbonyl (C=O) groups is 1. The van der Waals surface area contributed by atoms with Crippen LogP contribution in [-0.4, -0.2) is 64.3 Å². The Morgan fingerprint density at radius 3 is 3.00 bits per heavy atom. The first-order valence-electron chi connectivity index (χ1n) is 9.25. The van der Waals surface area contributed by atoms with Crippen LogP contribution in [-0.2, 0) is 9.47 Å². The van der Waals surface area contributed by atoms with Crippen molar-refractivity contribution in [1.82, 2.24) is 15.3 Å². The minimum Gasteiger partial charge on any atom is -0.481 e. The third-order valence-corrected chi connectivity index (χ3v) is 5.47. The van der Waals surface area contributed by atoms with Gasteiger partial charge in [-0.25, -0.2) is 9.78 Å². The van der Waals surface area contributed by atoms with E-state index < -0.39 is 23.9 Å². The van der Waals surface area contributed by atoms with Gasteiger partial charge >= 0.3 is 6.09 Å². The van der Waals surface area contributed by atoms with E-state index in [0.717, 1.165) is 0 Å². The summed E-state index contributed by atoms with van der Waals surface area (Å²) in [5.41, 5.74) is 1.04. The van der Waals surface area contributed by atoms with Gasteiger partial charge in [-0.15, -0.1) is 0 Å². The summed E-state index contributed by atoms with van der Waals surface area (Å²) in [4.78, 5) is 20.2. The molecule has 0 aliphatic carbocycles. The Balaban J connectivity index is 1.51. The zero-order valence-corrected chi connectivity index (χ0v) is 15.5. The number of alkyl carbamates (subject to hydrolysis) is 1. The molecular formula is C19H23N3O6. The molecule has 150 valence electrons. The van der Waals surface area contributed by atoms with Gasteiger partial charge in [0.05, 0.1) is 43.5 Å². The zero-order valence-electron chi connectivity index (χ0n) is 15.5. The van der Waals surface area contributed by atoms with E-state index in [4.69, 9.17) is 14.2 Å². The second-order valence-corrected chi connectivity index (χ2v) is 7.15. The standard InChI is InChI=1S/C19H23N3O6/c1-26-16-3-2-13-17(22-16)12(5-7-20-13)14(24)8-11-4-6-19(15(9-23)27-11)10-21-18(25)28-19/h2-3,5,7,11,14-15,23-24H,4,6,8-10H2,1H3,(H,21,25)/t11?,14-,15?,19?/m0/s1. The molecule has 2 fully saturated rings. The minimum atomic E-state index is -0.842. The summed E-state index contributed by atoms with van der Waals surface area (Å²) < 4.78 is 16.5. The third-order valence-electron chi connectivity index (χ3n) is 5.47. The van der Waals surface area contributed by atoms with Gasteiger partial charge < -0.3 is 29.7 Å². The zero-order chi connectivity index (χ0) is 19.7. The number of hydrogen-bond acceptors (Lipinski definition) is 8. The van der Waals surface area contributed by atoms with Crippen LogP contribution >= 0.6 is 0 Å². The van der Waals surface area contributed by atoms with Gasteiger partial charge in [0.25, 0.3) is 0 Å². The molecule has 4 atom stereocenters. The molecule has 9 nitrogen and oxygen atoms in total. The lowest BCUT2D eigenvalue weighted by molar-refractivity contribution is -0.179. The molecule has 0 aromatic carbocycles. The van der Waals surface area contributed by atoms with Gasteiger partial charge in [-0.1, -0.05) is 0 Å². The van der Waals surface area contributed by atoms with Gasteiger partial charge in [-0.3, -0.25) is 4.98 Å². The van der Waals surface area contributed by atoms with Gasteiger partial charge in [0, 0.05) is 24.2 Å². The number of nitrogens with one attached hydrogen (secondary N) is 1. The lowest BCUT2D eigenvalue weighted by Gasteiger charge is -2.41. The molecule has 0 radical (unpaired) electrons. The molecule has 2 aromatic rings. The molecule has 28 heavy (non-hydrogen) atoms. The first-order valence-corrected chi connectivity index (χ1v) is 9.25. The number of ether oxygens (including phenoxy) is 3. The van der Waals surface area contributed by atoms with Crippen molar-refractivity contribution < 1.29 is 29.2 Å². The number of nitrogens with zero attached hydrogens (tertiary/aromatic N) is 2. The fourth-order valence-electron chi connectivity index (χ4n) is 3.96. The van der Waals surface area contributed by atoms with E-state index in [9.17, 15) is 15.0 Å². The Morgan fingerprint density at radius 1 is 1.43 bits per heavy atom. The van der Waals surface area contributed by atoms with Crippen molar-refractivity contribution in [3.05, 3.63) is 30.0 Å². The van der Waals surface area contributed by atoms with E-state index in [1.54, 1.807) is 24.4 Å². The molecular weight excluding hydrogens is 366 g/mol. The third kappa shape index (κ3) is 3.36. The van der Waals surface area contributed by atoms with Crippen LogP contribution in [0.1, 0.15) is 30.9 Å². The molecule has 1 amide bonds. The fraction of sp³-hybridized carbons (Fsp3) is 0.526. The van der Waals surface area contributed by atoms with Crippen LogP contribution in [0.2, 0.25) is 0 Å². The average molecular weight is 389 g/mol. The number of amides is 1. The SMILES string of the molecule is COc1ccc2nccc([C@@H](O)CC3CCC4(CNC(=O)O4)C(CO)O3)c2n1. The Hall–Kier alpha value is -2.49. The lowest BCUT2D eigenvalue weighted by atomic mass is 9.85. The molecule has 0 bridgehead atoms. The van der Waals surface area contributed by atoms with Gasteiger partial charge in [0.1, 0.15) is 6.10 Å². The van der Waals surface area contributed by atoms with Gasteiger partial charge in [0.15, 0.2) is 5.60 Å². The number of carbonyl (C=O) groups excluding carboxylic acids is 1. The molecule has 3 N–H and O–H groups in total. The van der Waals surface area contributed by atoms with Crippen LogP contribution < -0.4 is 10.1 Å². The number of pyridine rings is 2. The monoisotopic (exact) mass is 389 g/mol. The maximum absolute atomic E-state index is 11.5. The molecule has 1 spiro atoms. The van der Waals surface area contributed by atoms with E-state index in [2.05, 4.69) is 15.3 Å². The number of methoxy groups -OCH3 is 1. The number of fused-ring (bicyclic) bond motifs is 1. The summed E-state index contributed by atoms with van der Waals surface area (Å²) in [7, 11) is 1.53. The second-order valence-electron chi connectivity index (χ2n) is 7.15. The van der Waals surface area contributed by atoms with Crippen LogP contribution in [0, 0.1) is 0 Å². The van der Waals surface area contributed by atoms with E-state index in [-0.39, 0.29) is 12.7 Å². The summed E-state index contributed by atoms with van der Waals surface area (Å²) in [5, 5.41) is 23.2. The lowest BCUT2D eigenvalue weighted by Crippen LogP contribution is -2.54. The van der Waals surface area contributed by atoms with Gasteiger partial charge in [-0.2, -0.15) is 0 Å². The summed E-state index contributed by atoms with van der Waals surface area (Å²) >= 11 is 0. The van der Waals surface area contributed by atoms with Crippen molar-refractivity contribution in [1.29, 1.82) is 0 Å². The van der Waals surface area contributed by atoms with E-state index >= 15 is 0 Å². The molecule has 2 saturated heterocycles. The van der Waals surface area contributed by atoms with Crippen LogP contribution in [0.3, 0.4) is 0 Å². The highest BCUT2D eigenvalue weighted by molar-refractivity contribution is 5.78. The van der Waals surface area contributed by atoms with Crippen molar-refractivity contribution in [2.24, 2.45) is 0 Å². The molecule has 4 rings (SSSR count). The van der Waals surface area contributed by atoms with Crippen molar-refractivity contribution in [3.63, 3.8) is 0 Å². The molecule has 2 aliphatic heterocycles. The van der Waals surface area contributed by atoms with Crippen molar-refractivity contribution in [2.75, 3.05) is 20.3 Å². The van der Waals surface area contributed by atoms with Crippen LogP contribution in [0.4, 0.5) is 4.79 Å². The molecule has 2 aliphatic rings. The van der Waals surface area contributed by atoms with Crippen LogP contribution in [0.5, 0.6) is 5.88 Å². The summed E-state index contributed by atoms with van der Waals surface area (Å²) in [6.45, 7) is 0.0452. The second kappa shape index (κ2) is 7.50. The van der Waals surface area contributed by atoms with Crippen LogP contribution in [0.15, 0.2) is 24.4 Å². The number of hydrogen-bond donors (Lipinski definition) is 3. The topological polar surface area (TPSA) is 123 Å². The highest BCUT2D eigenvalue weighted by atomic mass is 16.6. The molecule has 4 heterocycles. The number of rotatable bonds is 5. The largest absolute Gasteiger partial charge is 0.481 e. The Morgan fingerprint density at radius 2 is 2.29 bits per heavy atom. The number of aliphatic hydroxyl groups is 2. The highest BCUT2D eigenvalue weighted by Gasteiger charge is 2.51. The Kier molecular flexibility index (Phi) is 5.05. The van der Waals surface area contributed by atoms with Crippen molar-refractivity contribution in [3.8, 4) is 5.88 Å². The summed E-state index contributed by atoms with van der Waals surface area (Å²) in [6, 6.07) is 5.25. The van der Waals surface area contributed by atoms with E-state index in [0.29, 0.717) is 48.3 Å². The molecule has 9 heteroatoms. The quantitative estimate of drug-likeness (QED) is 0.694. The first-order chi connectivity index (χ1) is 13.5. The molecule has 2 aromatic heterocycles. The normalized spacial score (nSPS) is 28.2. The Bertz CT molecular complexity index is 878. The Labute approximate surface area is 161 Å². The van der Waals surface area contributed by atoms with Crippen molar-refractivity contribution in [2.45, 2.75) is 43.2 Å². The predicted molar refractivity (Wildman–Crippen MR) is 97.9 cm³/mol. The van der Waals surface area contributed by atoms with E-state index in [1.807, 2.05) is 0 Å². The molecule has 3 unspecified atom stereocenters. The van der Waals surface area contributed by atoms with Gasteiger partial charge in [-0.05, 0) is 25.0 Å². The molecule has 0 saturated carbocycles. The average Bonchev–Trinajstić information content (AvgIpc) is 3.09. The minimum absolute atomic E-state index is 0.265. The van der Waals surface area contributed by atoms with E-state index in [1.165, 1.54) is 7.11 Å².